The molecule has 6 aromatic carbocycles. The summed E-state index contributed by atoms with van der Waals surface area (Å²) in [5, 5.41) is 33.0. The first-order chi connectivity index (χ1) is 46.0. The zero-order valence-electron chi connectivity index (χ0n) is 53.4. The third-order valence-corrected chi connectivity index (χ3v) is 20.1. The molecule has 4 heterocycles. The highest BCUT2D eigenvalue weighted by atomic mass is 32.2. The third-order valence-electron chi connectivity index (χ3n) is 16.3. The molecule has 0 saturated carbocycles. The van der Waals surface area contributed by atoms with Gasteiger partial charge in [-0.2, -0.15) is 8.61 Å². The number of nitrogens with two attached hydrogens (primary N) is 1. The largest absolute Gasteiger partial charge is 0.492 e. The Labute approximate surface area is 557 Å². The molecule has 0 bridgehead atoms. The van der Waals surface area contributed by atoms with Crippen LogP contribution >= 0.6 is 0 Å². The fraction of sp³-hybridized carbons (Fsp3) is 0.333. The van der Waals surface area contributed by atoms with Crippen LogP contribution in [-0.4, -0.2) is 181 Å². The van der Waals surface area contributed by atoms with Crippen molar-refractivity contribution in [3.63, 3.8) is 0 Å². The Balaban J connectivity index is 0.000000210. The number of sulfonamides is 2. The summed E-state index contributed by atoms with van der Waals surface area (Å²) in [6.45, 7) is 8.88. The van der Waals surface area contributed by atoms with E-state index in [1.807, 2.05) is 44.2 Å². The van der Waals surface area contributed by atoms with Crippen molar-refractivity contribution in [1.29, 1.82) is 0 Å². The molecular weight excluding hydrogens is 1270 g/mol. The number of para-hydroxylation sites is 1. The van der Waals surface area contributed by atoms with E-state index in [1.165, 1.54) is 46.1 Å². The Bertz CT molecular complexity index is 3980. The number of hydrogen-bond donors (Lipinski definition) is 6. The van der Waals surface area contributed by atoms with E-state index < -0.39 is 85.9 Å². The van der Waals surface area contributed by atoms with Crippen molar-refractivity contribution in [2.45, 2.75) is 98.8 Å². The zero-order chi connectivity index (χ0) is 68.9. The van der Waals surface area contributed by atoms with Gasteiger partial charge in [-0.1, -0.05) is 102 Å². The topological polar surface area (TPSA) is 348 Å². The number of aromatic nitrogens is 2. The maximum absolute atomic E-state index is 13.3. The number of aromatic carboxylic acids is 1. The quantitative estimate of drug-likeness (QED) is 0.0350. The van der Waals surface area contributed by atoms with Gasteiger partial charge in [0.1, 0.15) is 59.6 Å². The minimum atomic E-state index is -3.90. The second-order valence-electron chi connectivity index (χ2n) is 23.1. The number of methoxy groups -OCH3 is 1. The second-order valence-corrected chi connectivity index (χ2v) is 26.9. The zero-order valence-corrected chi connectivity index (χ0v) is 55.0. The smallest absolute Gasteiger partial charge is 0.339 e. The number of ether oxygens (including phenoxy) is 3. The highest BCUT2D eigenvalue weighted by Gasteiger charge is 2.42. The van der Waals surface area contributed by atoms with Gasteiger partial charge in [0.25, 0.3) is 0 Å². The molecule has 7 aromatic rings. The number of carbonyl (C=O) groups excluding carboxylic acids is 3. The Morgan fingerprint density at radius 3 is 1.54 bits per heavy atom. The average molecular weight is 1350 g/mol. The molecule has 3 aliphatic rings. The molecule has 27 heteroatoms. The van der Waals surface area contributed by atoms with Crippen LogP contribution < -0.4 is 30.7 Å². The molecule has 96 heavy (non-hydrogen) atoms. The molecule has 0 unspecified atom stereocenters. The standard InChI is InChI=1S/C31H38N6O6S.C29H30N2O8S.C9H11NO2/c1-23-5-11-26(12-6-23)44(41,42)37-15-2-4-28(37)29(38)34-27(30(39)40)22-24-7-9-25(10-8-24)43-21-20-35-16-18-36(19-17-35)31-32-13-3-14-33-31;1-19-9-15-22(16-10-19)40(36,37)31-17-5-7-25(31)27(32)30-24(29(35)38-2)18-20-11-13-21(14-12-20)39-26-8-4-3-6-23(26)28(33)34;10-8(9(11)12)6-7-4-2-1-3-5-7/h3,5-14,27-28H,2,4,15-22H2,1H3,(H,34,38)(H,39,40);3-4,6,8-16,24-25H,5,7,17-18H2,1-2H3,(H,30,32)(H,33,34);1-5,8H,6,10H2,(H,11,12)/t27-,28-;24-,25-;8-/m000/s1. The number of carbonyl (C=O) groups is 6. The van der Waals surface area contributed by atoms with Crippen molar-refractivity contribution in [1.82, 2.24) is 34.1 Å². The fourth-order valence-electron chi connectivity index (χ4n) is 11.0. The number of aryl methyl sites for hydroxylation is 2. The lowest BCUT2D eigenvalue weighted by molar-refractivity contribution is -0.145. The minimum absolute atomic E-state index is 0.0189. The molecule has 2 amide bonds. The summed E-state index contributed by atoms with van der Waals surface area (Å²) in [4.78, 5) is 86.2. The van der Waals surface area contributed by atoms with Crippen LogP contribution in [0.15, 0.2) is 180 Å². The first-order valence-corrected chi connectivity index (χ1v) is 34.0. The number of piperazine rings is 1. The first-order valence-electron chi connectivity index (χ1n) is 31.2. The van der Waals surface area contributed by atoms with Crippen LogP contribution in [-0.2, 0) is 68.0 Å². The second kappa shape index (κ2) is 34.2. The molecule has 1 aromatic heterocycles. The van der Waals surface area contributed by atoms with Crippen LogP contribution in [0.2, 0.25) is 0 Å². The highest BCUT2D eigenvalue weighted by Crippen LogP contribution is 2.30. The maximum atomic E-state index is 13.3. The molecule has 25 nitrogen and oxygen atoms in total. The first kappa shape index (κ1) is 72.2. The van der Waals surface area contributed by atoms with Gasteiger partial charge in [0.05, 0.1) is 16.9 Å². The number of carboxylic acid groups (broad SMARTS) is 3. The number of benzene rings is 6. The summed E-state index contributed by atoms with van der Waals surface area (Å²) in [7, 11) is -6.59. The van der Waals surface area contributed by atoms with E-state index in [0.717, 1.165) is 55.4 Å². The van der Waals surface area contributed by atoms with Crippen molar-refractivity contribution in [3.05, 3.63) is 203 Å². The number of hydrogen-bond acceptors (Lipinski definition) is 18. The normalized spacial score (nSPS) is 16.8. The van der Waals surface area contributed by atoms with Gasteiger partial charge in [-0.05, 0) is 129 Å². The lowest BCUT2D eigenvalue weighted by atomic mass is 10.0. The molecule has 3 aliphatic heterocycles. The van der Waals surface area contributed by atoms with E-state index in [4.69, 9.17) is 25.1 Å². The third kappa shape index (κ3) is 20.0. The van der Waals surface area contributed by atoms with Gasteiger partial charge in [0.2, 0.25) is 37.8 Å². The molecule has 0 spiro atoms. The van der Waals surface area contributed by atoms with Gasteiger partial charge in [-0.25, -0.2) is 41.2 Å². The van der Waals surface area contributed by atoms with Gasteiger partial charge in [-0.15, -0.1) is 0 Å². The van der Waals surface area contributed by atoms with Gasteiger partial charge in [0, 0.05) is 71.0 Å². The van der Waals surface area contributed by atoms with Gasteiger partial charge in [-0.3, -0.25) is 19.3 Å². The number of nitrogens with zero attached hydrogens (tertiary/aromatic N) is 6. The summed E-state index contributed by atoms with van der Waals surface area (Å²) < 4.78 is 71.9. The van der Waals surface area contributed by atoms with Gasteiger partial charge >= 0.3 is 23.9 Å². The van der Waals surface area contributed by atoms with E-state index in [-0.39, 0.29) is 47.0 Å². The maximum Gasteiger partial charge on any atom is 0.339 e. The number of amides is 2. The Morgan fingerprint density at radius 2 is 1.04 bits per heavy atom. The Morgan fingerprint density at radius 1 is 0.562 bits per heavy atom. The summed E-state index contributed by atoms with van der Waals surface area (Å²) in [5.41, 5.74) is 9.54. The number of aliphatic carboxylic acids is 2. The summed E-state index contributed by atoms with van der Waals surface area (Å²) >= 11 is 0. The Hall–Kier alpha value is -9.64. The van der Waals surface area contributed by atoms with E-state index in [0.29, 0.717) is 61.3 Å². The van der Waals surface area contributed by atoms with Crippen LogP contribution in [0, 0.1) is 13.8 Å². The molecule has 3 fully saturated rings. The highest BCUT2D eigenvalue weighted by molar-refractivity contribution is 7.89. The van der Waals surface area contributed by atoms with Crippen LogP contribution in [0.5, 0.6) is 17.2 Å². The lowest BCUT2D eigenvalue weighted by Crippen LogP contribution is -2.51. The monoisotopic (exact) mass is 1350 g/mol. The molecule has 0 radical (unpaired) electrons. The Kier molecular flexibility index (Phi) is 25.7. The molecule has 10 rings (SSSR count). The summed E-state index contributed by atoms with van der Waals surface area (Å²) in [6.07, 6.45) is 5.70. The number of anilines is 1. The predicted octanol–water partition coefficient (Wildman–Crippen LogP) is 6.13. The molecule has 508 valence electrons. The van der Waals surface area contributed by atoms with E-state index >= 15 is 0 Å². The van der Waals surface area contributed by atoms with Crippen LogP contribution in [0.3, 0.4) is 0 Å². The van der Waals surface area contributed by atoms with Gasteiger partial charge < -0.3 is 50.8 Å². The number of esters is 1. The fourth-order valence-corrected chi connectivity index (χ4v) is 14.3. The van der Waals surface area contributed by atoms with E-state index in [9.17, 15) is 55.8 Å². The van der Waals surface area contributed by atoms with Crippen molar-refractivity contribution in [3.8, 4) is 17.2 Å². The van der Waals surface area contributed by atoms with Crippen molar-refractivity contribution in [2.24, 2.45) is 5.73 Å². The number of carboxylic acids is 3. The van der Waals surface area contributed by atoms with E-state index in [2.05, 4.69) is 30.4 Å². The van der Waals surface area contributed by atoms with Crippen molar-refractivity contribution < 1.29 is 75.1 Å². The number of nitrogens with one attached hydrogen (secondary N) is 2. The summed E-state index contributed by atoms with van der Waals surface area (Å²) in [5.74, 6) is -3.13. The lowest BCUT2D eigenvalue weighted by Gasteiger charge is -2.34. The van der Waals surface area contributed by atoms with Crippen molar-refractivity contribution in [2.75, 3.05) is 64.4 Å². The molecule has 0 aliphatic carbocycles. The van der Waals surface area contributed by atoms with Crippen LogP contribution in [0.4, 0.5) is 5.95 Å². The molecule has 3 saturated heterocycles. The number of rotatable bonds is 25. The van der Waals surface area contributed by atoms with Crippen molar-refractivity contribution >= 4 is 61.7 Å². The molecular formula is C69H79N9O16S2. The van der Waals surface area contributed by atoms with E-state index in [1.54, 1.807) is 109 Å². The SMILES string of the molecule is COC(=O)[C@H](Cc1ccc(Oc2ccccc2C(=O)O)cc1)NC(=O)[C@@H]1CCCN1S(=O)(=O)c1ccc(C)cc1.Cc1ccc(S(=O)(=O)N2CCC[C@H]2C(=O)N[C@@H](Cc2ccc(OCCN3CCN(c4ncccn4)CC3)cc2)C(=O)O)cc1.N[C@@H](Cc1ccccc1)C(=O)O. The molecule has 5 atom stereocenters. The van der Waals surface area contributed by atoms with Crippen LogP contribution in [0.1, 0.15) is 63.9 Å². The predicted molar refractivity (Wildman–Crippen MR) is 355 cm³/mol. The minimum Gasteiger partial charge on any atom is -0.492 e. The average Bonchev–Trinajstić information content (AvgIpc) is 1.72. The molecule has 7 N–H and O–H groups in total. The van der Waals surface area contributed by atoms with Crippen LogP contribution in [0.25, 0.3) is 0 Å². The summed E-state index contributed by atoms with van der Waals surface area (Å²) in [6, 6.07) is 39.1. The van der Waals surface area contributed by atoms with Gasteiger partial charge in [0.15, 0.2) is 0 Å².